The van der Waals surface area contributed by atoms with Gasteiger partial charge in [0, 0.05) is 19.1 Å². The number of rotatable bonds is 4. The predicted octanol–water partition coefficient (Wildman–Crippen LogP) is 1.79. The van der Waals surface area contributed by atoms with Gasteiger partial charge in [-0.05, 0) is 25.3 Å². The van der Waals surface area contributed by atoms with Crippen molar-refractivity contribution in [3.05, 3.63) is 0 Å². The number of alkyl halides is 3. The summed E-state index contributed by atoms with van der Waals surface area (Å²) in [7, 11) is 0. The van der Waals surface area contributed by atoms with Crippen LogP contribution in [0.5, 0.6) is 0 Å². The molecule has 0 aromatic rings. The Balaban J connectivity index is 2.29. The second kappa shape index (κ2) is 5.71. The molecule has 100 valence electrons. The molecule has 3 nitrogen and oxygen atoms in total. The summed E-state index contributed by atoms with van der Waals surface area (Å²) in [5.74, 6) is -1.24. The number of carbonyl (C=O) groups excluding carboxylic acids is 1. The molecule has 1 N–H and O–H groups in total. The van der Waals surface area contributed by atoms with Crippen LogP contribution in [0.25, 0.3) is 0 Å². The molecule has 0 aliphatic carbocycles. The second-order valence-electron chi connectivity index (χ2n) is 4.94. The minimum atomic E-state index is -4.77. The van der Waals surface area contributed by atoms with E-state index in [9.17, 15) is 18.0 Å². The van der Waals surface area contributed by atoms with Gasteiger partial charge < -0.3 is 10.2 Å². The lowest BCUT2D eigenvalue weighted by Crippen LogP contribution is -2.44. The summed E-state index contributed by atoms with van der Waals surface area (Å²) in [4.78, 5) is 12.8. The van der Waals surface area contributed by atoms with Gasteiger partial charge in [0.25, 0.3) is 0 Å². The van der Waals surface area contributed by atoms with E-state index in [-0.39, 0.29) is 6.04 Å². The monoisotopic (exact) mass is 252 g/mol. The number of nitrogens with zero attached hydrogens (tertiary/aromatic N) is 1. The van der Waals surface area contributed by atoms with Gasteiger partial charge in [-0.3, -0.25) is 4.79 Å². The number of hydrogen-bond donors (Lipinski definition) is 1. The SMILES string of the molecule is CC(C)CCN1CCC(NC(=O)C(F)(F)F)C1. The van der Waals surface area contributed by atoms with E-state index >= 15 is 0 Å². The van der Waals surface area contributed by atoms with E-state index in [1.54, 1.807) is 0 Å². The molecule has 1 saturated heterocycles. The number of hydrogen-bond acceptors (Lipinski definition) is 2. The Hall–Kier alpha value is -0.780. The summed E-state index contributed by atoms with van der Waals surface area (Å²) in [6, 6.07) is -0.365. The normalized spacial score (nSPS) is 22.1. The van der Waals surface area contributed by atoms with Crippen LogP contribution in [0.15, 0.2) is 0 Å². The van der Waals surface area contributed by atoms with Crippen LogP contribution >= 0.6 is 0 Å². The first kappa shape index (κ1) is 14.3. The van der Waals surface area contributed by atoms with Crippen molar-refractivity contribution >= 4 is 5.91 Å². The highest BCUT2D eigenvalue weighted by atomic mass is 19.4. The molecule has 1 heterocycles. The maximum atomic E-state index is 12.0. The number of amides is 1. The Morgan fingerprint density at radius 2 is 2.12 bits per heavy atom. The van der Waals surface area contributed by atoms with Crippen molar-refractivity contribution in [2.75, 3.05) is 19.6 Å². The van der Waals surface area contributed by atoms with E-state index in [1.165, 1.54) is 0 Å². The molecular weight excluding hydrogens is 233 g/mol. The predicted molar refractivity (Wildman–Crippen MR) is 58.5 cm³/mol. The molecular formula is C11H19F3N2O. The third kappa shape index (κ3) is 4.93. The highest BCUT2D eigenvalue weighted by molar-refractivity contribution is 5.81. The quantitative estimate of drug-likeness (QED) is 0.827. The Labute approximate surface area is 99.4 Å². The molecule has 1 unspecified atom stereocenters. The van der Waals surface area contributed by atoms with Gasteiger partial charge in [-0.25, -0.2) is 0 Å². The smallest absolute Gasteiger partial charge is 0.344 e. The standard InChI is InChI=1S/C11H19F3N2O/c1-8(2)3-5-16-6-4-9(7-16)15-10(17)11(12,13)14/h8-9H,3-7H2,1-2H3,(H,15,17). The van der Waals surface area contributed by atoms with Gasteiger partial charge in [-0.15, -0.1) is 0 Å². The highest BCUT2D eigenvalue weighted by Crippen LogP contribution is 2.17. The van der Waals surface area contributed by atoms with E-state index in [2.05, 4.69) is 18.7 Å². The van der Waals surface area contributed by atoms with Crippen LogP contribution in [0, 0.1) is 5.92 Å². The van der Waals surface area contributed by atoms with Gasteiger partial charge in [-0.2, -0.15) is 13.2 Å². The van der Waals surface area contributed by atoms with Crippen molar-refractivity contribution < 1.29 is 18.0 Å². The Morgan fingerprint density at radius 3 is 2.65 bits per heavy atom. The third-order valence-electron chi connectivity index (χ3n) is 2.89. The molecule has 1 atom stereocenters. The van der Waals surface area contributed by atoms with Gasteiger partial charge in [0.1, 0.15) is 0 Å². The summed E-state index contributed by atoms with van der Waals surface area (Å²) in [5, 5.41) is 2.03. The Morgan fingerprint density at radius 1 is 1.47 bits per heavy atom. The van der Waals surface area contributed by atoms with Gasteiger partial charge in [0.05, 0.1) is 0 Å². The third-order valence-corrected chi connectivity index (χ3v) is 2.89. The van der Waals surface area contributed by atoms with E-state index in [0.29, 0.717) is 18.9 Å². The molecule has 17 heavy (non-hydrogen) atoms. The van der Waals surface area contributed by atoms with Gasteiger partial charge in [0.2, 0.25) is 0 Å². The zero-order chi connectivity index (χ0) is 13.1. The first-order valence-electron chi connectivity index (χ1n) is 5.89. The maximum Gasteiger partial charge on any atom is 0.471 e. The van der Waals surface area contributed by atoms with Crippen LogP contribution in [0.1, 0.15) is 26.7 Å². The fourth-order valence-electron chi connectivity index (χ4n) is 1.86. The molecule has 1 rings (SSSR count). The fraction of sp³-hybridized carbons (Fsp3) is 0.909. The number of likely N-dealkylation sites (tertiary alicyclic amines) is 1. The topological polar surface area (TPSA) is 32.3 Å². The summed E-state index contributed by atoms with van der Waals surface area (Å²) < 4.78 is 36.1. The fourth-order valence-corrected chi connectivity index (χ4v) is 1.86. The maximum absolute atomic E-state index is 12.0. The van der Waals surface area contributed by atoms with Crippen LogP contribution in [-0.4, -0.2) is 42.7 Å². The molecule has 1 amide bonds. The number of nitrogens with one attached hydrogen (secondary N) is 1. The molecule has 0 aromatic heterocycles. The second-order valence-corrected chi connectivity index (χ2v) is 4.94. The average Bonchev–Trinajstić information content (AvgIpc) is 2.61. The molecule has 0 bridgehead atoms. The van der Waals surface area contributed by atoms with Crippen LogP contribution in [-0.2, 0) is 4.79 Å². The van der Waals surface area contributed by atoms with E-state index in [0.717, 1.165) is 19.5 Å². The minimum Gasteiger partial charge on any atom is -0.344 e. The number of carbonyl (C=O) groups is 1. The summed E-state index contributed by atoms with van der Waals surface area (Å²) in [6.45, 7) is 6.39. The van der Waals surface area contributed by atoms with E-state index in [1.807, 2.05) is 5.32 Å². The number of halogens is 3. The molecule has 0 radical (unpaired) electrons. The first-order valence-corrected chi connectivity index (χ1v) is 5.89. The van der Waals surface area contributed by atoms with Crippen molar-refractivity contribution in [3.63, 3.8) is 0 Å². The Bertz CT molecular complexity index is 266. The summed E-state index contributed by atoms with van der Waals surface area (Å²) in [6.07, 6.45) is -3.15. The average molecular weight is 252 g/mol. The summed E-state index contributed by atoms with van der Waals surface area (Å²) in [5.41, 5.74) is 0. The van der Waals surface area contributed by atoms with Crippen LogP contribution < -0.4 is 5.32 Å². The molecule has 0 spiro atoms. The molecule has 1 aliphatic rings. The molecule has 0 saturated carbocycles. The van der Waals surface area contributed by atoms with Crippen molar-refractivity contribution in [1.82, 2.24) is 10.2 Å². The van der Waals surface area contributed by atoms with E-state index in [4.69, 9.17) is 0 Å². The zero-order valence-corrected chi connectivity index (χ0v) is 10.2. The lowest BCUT2D eigenvalue weighted by molar-refractivity contribution is -0.174. The molecule has 1 aliphatic heterocycles. The lowest BCUT2D eigenvalue weighted by Gasteiger charge is -2.18. The van der Waals surface area contributed by atoms with Crippen molar-refractivity contribution in [2.24, 2.45) is 5.92 Å². The highest BCUT2D eigenvalue weighted by Gasteiger charge is 2.40. The first-order chi connectivity index (χ1) is 7.79. The minimum absolute atomic E-state index is 0.365. The lowest BCUT2D eigenvalue weighted by atomic mass is 10.1. The van der Waals surface area contributed by atoms with Gasteiger partial charge in [0.15, 0.2) is 0 Å². The van der Waals surface area contributed by atoms with Crippen LogP contribution in [0.3, 0.4) is 0 Å². The van der Waals surface area contributed by atoms with Crippen LogP contribution in [0.4, 0.5) is 13.2 Å². The Kier molecular flexibility index (Phi) is 4.80. The largest absolute Gasteiger partial charge is 0.471 e. The van der Waals surface area contributed by atoms with Crippen molar-refractivity contribution in [2.45, 2.75) is 38.9 Å². The van der Waals surface area contributed by atoms with Crippen LogP contribution in [0.2, 0.25) is 0 Å². The van der Waals surface area contributed by atoms with Gasteiger partial charge in [-0.1, -0.05) is 13.8 Å². The summed E-state index contributed by atoms with van der Waals surface area (Å²) >= 11 is 0. The molecule has 6 heteroatoms. The van der Waals surface area contributed by atoms with Crippen molar-refractivity contribution in [1.29, 1.82) is 0 Å². The zero-order valence-electron chi connectivity index (χ0n) is 10.2. The van der Waals surface area contributed by atoms with Gasteiger partial charge >= 0.3 is 12.1 Å². The van der Waals surface area contributed by atoms with Crippen molar-refractivity contribution in [3.8, 4) is 0 Å². The molecule has 1 fully saturated rings. The van der Waals surface area contributed by atoms with E-state index < -0.39 is 12.1 Å². The molecule has 0 aromatic carbocycles.